The van der Waals surface area contributed by atoms with Crippen LogP contribution in [0.1, 0.15) is 0 Å². The van der Waals surface area contributed by atoms with Crippen molar-refractivity contribution in [3.8, 4) is 5.75 Å². The second-order valence-electron chi connectivity index (χ2n) is 2.11. The molecule has 7 heteroatoms. The molecule has 1 aromatic rings. The molecule has 0 amide bonds. The van der Waals surface area contributed by atoms with Crippen LogP contribution in [0, 0.1) is 27.6 Å². The molecule has 1 rings (SSSR count). The zero-order chi connectivity index (χ0) is 10.2. The fraction of sp³-hybridized carbons (Fsp3) is 0. The molecule has 0 bridgehead atoms. The topological polar surface area (TPSA) is 63.4 Å². The first-order chi connectivity index (χ1) is 5.95. The lowest BCUT2D eigenvalue weighted by Crippen LogP contribution is -1.99. The van der Waals surface area contributed by atoms with Gasteiger partial charge in [0.2, 0.25) is 17.5 Å². The number of benzene rings is 1. The number of aromatic hydroxyl groups is 1. The van der Waals surface area contributed by atoms with E-state index in [1.807, 2.05) is 0 Å². The van der Waals surface area contributed by atoms with Crippen LogP contribution < -0.4 is 0 Å². The molecule has 0 aliphatic rings. The average molecular weight is 193 g/mol. The van der Waals surface area contributed by atoms with E-state index in [-0.39, 0.29) is 6.07 Å². The van der Waals surface area contributed by atoms with E-state index in [2.05, 4.69) is 0 Å². The Bertz CT molecular complexity index is 380. The number of halogens is 3. The zero-order valence-electron chi connectivity index (χ0n) is 5.92. The Morgan fingerprint density at radius 2 is 1.85 bits per heavy atom. The maximum Gasteiger partial charge on any atom is 0.343 e. The molecule has 0 aliphatic heterocycles. The third-order valence-electron chi connectivity index (χ3n) is 1.30. The summed E-state index contributed by atoms with van der Waals surface area (Å²) in [6, 6.07) is 0.135. The van der Waals surface area contributed by atoms with E-state index in [0.717, 1.165) is 0 Å². The summed E-state index contributed by atoms with van der Waals surface area (Å²) in [7, 11) is 0. The predicted molar refractivity (Wildman–Crippen MR) is 34.6 cm³/mol. The van der Waals surface area contributed by atoms with Crippen LogP contribution >= 0.6 is 0 Å². The Balaban J connectivity index is 3.53. The lowest BCUT2D eigenvalue weighted by Gasteiger charge is -1.98. The number of nitro groups is 1. The Kier molecular flexibility index (Phi) is 2.09. The van der Waals surface area contributed by atoms with Crippen LogP contribution in [0.2, 0.25) is 0 Å². The Hall–Kier alpha value is -1.79. The molecule has 0 saturated heterocycles. The highest BCUT2D eigenvalue weighted by atomic mass is 19.2. The van der Waals surface area contributed by atoms with E-state index < -0.39 is 33.8 Å². The van der Waals surface area contributed by atoms with E-state index >= 15 is 0 Å². The van der Waals surface area contributed by atoms with Crippen LogP contribution in [0.3, 0.4) is 0 Å². The molecule has 0 atom stereocenters. The quantitative estimate of drug-likeness (QED) is 0.419. The van der Waals surface area contributed by atoms with Crippen molar-refractivity contribution in [1.29, 1.82) is 0 Å². The van der Waals surface area contributed by atoms with Gasteiger partial charge in [-0.1, -0.05) is 0 Å². The van der Waals surface area contributed by atoms with Gasteiger partial charge in [0.05, 0.1) is 4.92 Å². The maximum atomic E-state index is 12.6. The minimum Gasteiger partial charge on any atom is -0.505 e. The van der Waals surface area contributed by atoms with Gasteiger partial charge in [0.25, 0.3) is 0 Å². The lowest BCUT2D eigenvalue weighted by atomic mass is 10.2. The van der Waals surface area contributed by atoms with Gasteiger partial charge in [-0.25, -0.2) is 0 Å². The fourth-order valence-corrected chi connectivity index (χ4v) is 0.740. The molecule has 1 aromatic carbocycles. The van der Waals surface area contributed by atoms with E-state index in [0.29, 0.717) is 0 Å². The van der Waals surface area contributed by atoms with E-state index in [4.69, 9.17) is 5.11 Å². The van der Waals surface area contributed by atoms with Crippen LogP contribution in [0.15, 0.2) is 6.07 Å². The Morgan fingerprint density at radius 3 is 2.31 bits per heavy atom. The van der Waals surface area contributed by atoms with Crippen molar-refractivity contribution >= 4 is 5.69 Å². The van der Waals surface area contributed by atoms with Crippen molar-refractivity contribution in [3.63, 3.8) is 0 Å². The molecule has 0 saturated carbocycles. The second kappa shape index (κ2) is 2.92. The summed E-state index contributed by atoms with van der Waals surface area (Å²) in [6.45, 7) is 0. The van der Waals surface area contributed by atoms with E-state index in [1.54, 1.807) is 0 Å². The summed E-state index contributed by atoms with van der Waals surface area (Å²) < 4.78 is 37.5. The molecule has 0 spiro atoms. The number of nitro benzene ring substituents is 1. The number of phenolic OH excluding ortho intramolecular Hbond substituents is 1. The van der Waals surface area contributed by atoms with Crippen LogP contribution in [0.25, 0.3) is 0 Å². The molecule has 0 aromatic heterocycles. The number of hydrogen-bond donors (Lipinski definition) is 1. The summed E-state index contributed by atoms with van der Waals surface area (Å²) >= 11 is 0. The molecule has 0 unspecified atom stereocenters. The molecule has 70 valence electrons. The van der Waals surface area contributed by atoms with Crippen molar-refractivity contribution in [1.82, 2.24) is 0 Å². The van der Waals surface area contributed by atoms with Gasteiger partial charge in [0, 0.05) is 6.07 Å². The third-order valence-corrected chi connectivity index (χ3v) is 1.30. The Morgan fingerprint density at radius 1 is 1.31 bits per heavy atom. The lowest BCUT2D eigenvalue weighted by molar-refractivity contribution is -0.390. The van der Waals surface area contributed by atoms with Crippen molar-refractivity contribution in [2.75, 3.05) is 0 Å². The normalized spacial score (nSPS) is 10.1. The third kappa shape index (κ3) is 1.40. The summed E-state index contributed by atoms with van der Waals surface area (Å²) in [5.74, 6) is -6.78. The molecule has 4 nitrogen and oxygen atoms in total. The van der Waals surface area contributed by atoms with Crippen molar-refractivity contribution in [2.24, 2.45) is 0 Å². The van der Waals surface area contributed by atoms with Gasteiger partial charge in [0.1, 0.15) is 0 Å². The van der Waals surface area contributed by atoms with Crippen LogP contribution in [-0.4, -0.2) is 10.0 Å². The number of hydrogen-bond acceptors (Lipinski definition) is 3. The van der Waals surface area contributed by atoms with Crippen LogP contribution in [0.5, 0.6) is 5.75 Å². The van der Waals surface area contributed by atoms with E-state index in [9.17, 15) is 23.3 Å². The van der Waals surface area contributed by atoms with Gasteiger partial charge >= 0.3 is 5.69 Å². The van der Waals surface area contributed by atoms with Gasteiger partial charge in [-0.05, 0) is 0 Å². The molecule has 0 radical (unpaired) electrons. The maximum absolute atomic E-state index is 12.6. The fourth-order valence-electron chi connectivity index (χ4n) is 0.740. The number of rotatable bonds is 1. The summed E-state index contributed by atoms with van der Waals surface area (Å²) in [4.78, 5) is 8.57. The standard InChI is InChI=1S/C6H2F3NO3/c7-2-1-3(11)4(8)5(9)6(2)10(12)13/h1,11H. The van der Waals surface area contributed by atoms with E-state index in [1.165, 1.54) is 0 Å². The Labute approximate surface area is 69.4 Å². The van der Waals surface area contributed by atoms with Gasteiger partial charge in [-0.3, -0.25) is 10.1 Å². The molecule has 0 aliphatic carbocycles. The second-order valence-corrected chi connectivity index (χ2v) is 2.11. The van der Waals surface area contributed by atoms with Gasteiger partial charge in [-0.2, -0.15) is 13.2 Å². The SMILES string of the molecule is O=[N+]([O-])c1c(F)cc(O)c(F)c1F. The van der Waals surface area contributed by atoms with Crippen molar-refractivity contribution in [3.05, 3.63) is 33.6 Å². The number of phenols is 1. The first-order valence-electron chi connectivity index (χ1n) is 2.96. The zero-order valence-corrected chi connectivity index (χ0v) is 5.92. The minimum atomic E-state index is -2.01. The summed E-state index contributed by atoms with van der Waals surface area (Å²) in [6.07, 6.45) is 0. The van der Waals surface area contributed by atoms with Gasteiger partial charge in [0.15, 0.2) is 5.75 Å². The molecule has 1 N–H and O–H groups in total. The van der Waals surface area contributed by atoms with Gasteiger partial charge in [-0.15, -0.1) is 0 Å². The number of nitrogens with zero attached hydrogens (tertiary/aromatic N) is 1. The molecular weight excluding hydrogens is 191 g/mol. The molecule has 0 fully saturated rings. The summed E-state index contributed by atoms with van der Waals surface area (Å²) in [5, 5.41) is 18.5. The highest BCUT2D eigenvalue weighted by Crippen LogP contribution is 2.29. The first kappa shape index (κ1) is 9.30. The van der Waals surface area contributed by atoms with Crippen molar-refractivity contribution < 1.29 is 23.2 Å². The van der Waals surface area contributed by atoms with Crippen LogP contribution in [-0.2, 0) is 0 Å². The highest BCUT2D eigenvalue weighted by Gasteiger charge is 2.27. The highest BCUT2D eigenvalue weighted by molar-refractivity contribution is 5.40. The monoisotopic (exact) mass is 193 g/mol. The first-order valence-corrected chi connectivity index (χ1v) is 2.96. The van der Waals surface area contributed by atoms with Gasteiger partial charge < -0.3 is 5.11 Å². The van der Waals surface area contributed by atoms with Crippen molar-refractivity contribution in [2.45, 2.75) is 0 Å². The largest absolute Gasteiger partial charge is 0.505 e. The molecule has 0 heterocycles. The smallest absolute Gasteiger partial charge is 0.343 e. The molecule has 13 heavy (non-hydrogen) atoms. The summed E-state index contributed by atoms with van der Waals surface area (Å²) in [5.41, 5.74) is -1.62. The molecular formula is C6H2F3NO3. The predicted octanol–water partition coefficient (Wildman–Crippen LogP) is 1.72. The van der Waals surface area contributed by atoms with Crippen LogP contribution in [0.4, 0.5) is 18.9 Å². The minimum absolute atomic E-state index is 0.135. The average Bonchev–Trinajstić information content (AvgIpc) is 1.99.